The summed E-state index contributed by atoms with van der Waals surface area (Å²) in [4.78, 5) is 0.356. The highest BCUT2D eigenvalue weighted by Crippen LogP contribution is 2.23. The third-order valence-corrected chi connectivity index (χ3v) is 5.83. The summed E-state index contributed by atoms with van der Waals surface area (Å²) in [6.07, 6.45) is 2.58. The van der Waals surface area contributed by atoms with Gasteiger partial charge in [-0.3, -0.25) is 0 Å². The third kappa shape index (κ3) is 4.31. The Morgan fingerprint density at radius 1 is 1.09 bits per heavy atom. The maximum absolute atomic E-state index is 12.6. The van der Waals surface area contributed by atoms with Crippen LogP contribution in [0.1, 0.15) is 53.0 Å². The van der Waals surface area contributed by atoms with E-state index < -0.39 is 10.0 Å². The summed E-state index contributed by atoms with van der Waals surface area (Å²) >= 11 is 0. The lowest BCUT2D eigenvalue weighted by atomic mass is 9.80. The van der Waals surface area contributed by atoms with Gasteiger partial charge < -0.3 is 5.32 Å². The predicted octanol–water partition coefficient (Wildman–Crippen LogP) is 1.81. The molecule has 1 aromatic carbocycles. The molecule has 1 fully saturated rings. The molecule has 1 aromatic rings. The largest absolute Gasteiger partial charge is 0.337 e. The minimum Gasteiger partial charge on any atom is -0.337 e. The van der Waals surface area contributed by atoms with Crippen LogP contribution in [0.4, 0.5) is 0 Å². The monoisotopic (exact) mass is 325 g/mol. The maximum atomic E-state index is 12.6. The molecule has 0 aliphatic carbocycles. The van der Waals surface area contributed by atoms with E-state index in [-0.39, 0.29) is 17.1 Å². The van der Waals surface area contributed by atoms with E-state index in [0.717, 1.165) is 24.8 Å². The summed E-state index contributed by atoms with van der Waals surface area (Å²) < 4.78 is 28.1. The number of sulfonamides is 1. The molecule has 124 valence electrons. The van der Waals surface area contributed by atoms with Crippen LogP contribution in [-0.2, 0) is 16.4 Å². The minimum atomic E-state index is -3.45. The van der Waals surface area contributed by atoms with E-state index in [1.807, 2.05) is 12.1 Å². The Balaban J connectivity index is 2.17. The summed E-state index contributed by atoms with van der Waals surface area (Å²) in [6.45, 7) is 10.7. The van der Waals surface area contributed by atoms with Gasteiger partial charge in [0.1, 0.15) is 0 Å². The molecule has 1 aliphatic heterocycles. The number of nitrogens with one attached hydrogen (secondary N) is 1. The first-order valence-electron chi connectivity index (χ1n) is 8.01. The molecule has 1 saturated heterocycles. The van der Waals surface area contributed by atoms with E-state index in [1.165, 1.54) is 0 Å². The standard InChI is InChI=1S/C17H28N2O2S/c1-6-13-7-9-15(10-8-13)22(20,21)18-14-11-16(2,3)19-17(4,5)12-14/h7-10,14,18-19H,6,11-12H2,1-5H3/p+1. The van der Waals surface area contributed by atoms with Crippen molar-refractivity contribution in [1.29, 1.82) is 0 Å². The molecule has 1 heterocycles. The van der Waals surface area contributed by atoms with Gasteiger partial charge in [0, 0.05) is 18.9 Å². The average Bonchev–Trinajstić information content (AvgIpc) is 2.34. The molecule has 22 heavy (non-hydrogen) atoms. The summed E-state index contributed by atoms with van der Waals surface area (Å²) in [5, 5.41) is 2.35. The molecule has 5 heteroatoms. The fourth-order valence-electron chi connectivity index (χ4n) is 3.79. The van der Waals surface area contributed by atoms with E-state index in [1.54, 1.807) is 12.1 Å². The van der Waals surface area contributed by atoms with Crippen LogP contribution in [-0.4, -0.2) is 25.5 Å². The molecular formula is C17H29N2O2S+. The lowest BCUT2D eigenvalue weighted by Crippen LogP contribution is -3.06. The van der Waals surface area contributed by atoms with Gasteiger partial charge in [0.2, 0.25) is 10.0 Å². The van der Waals surface area contributed by atoms with E-state index in [2.05, 4.69) is 44.7 Å². The number of benzene rings is 1. The van der Waals surface area contributed by atoms with E-state index in [4.69, 9.17) is 0 Å². The van der Waals surface area contributed by atoms with Crippen molar-refractivity contribution in [1.82, 2.24) is 4.72 Å². The van der Waals surface area contributed by atoms with Gasteiger partial charge in [-0.05, 0) is 51.8 Å². The van der Waals surface area contributed by atoms with Crippen LogP contribution in [0.15, 0.2) is 29.2 Å². The molecule has 2 rings (SSSR count). The molecule has 0 bridgehead atoms. The van der Waals surface area contributed by atoms with Crippen molar-refractivity contribution in [3.63, 3.8) is 0 Å². The first kappa shape index (κ1) is 17.4. The third-order valence-electron chi connectivity index (χ3n) is 4.29. The van der Waals surface area contributed by atoms with Crippen LogP contribution < -0.4 is 10.0 Å². The van der Waals surface area contributed by atoms with Gasteiger partial charge >= 0.3 is 0 Å². The zero-order valence-electron chi connectivity index (χ0n) is 14.3. The summed E-state index contributed by atoms with van der Waals surface area (Å²) in [5.74, 6) is 0. The van der Waals surface area contributed by atoms with Gasteiger partial charge in [0.05, 0.1) is 16.0 Å². The molecule has 3 N–H and O–H groups in total. The first-order valence-corrected chi connectivity index (χ1v) is 9.50. The summed E-state index contributed by atoms with van der Waals surface area (Å²) in [5.41, 5.74) is 1.23. The number of aryl methyl sites for hydroxylation is 1. The van der Waals surface area contributed by atoms with Gasteiger partial charge in [-0.15, -0.1) is 0 Å². The highest BCUT2D eigenvalue weighted by atomic mass is 32.2. The lowest BCUT2D eigenvalue weighted by Gasteiger charge is -2.43. The quantitative estimate of drug-likeness (QED) is 0.887. The van der Waals surface area contributed by atoms with Crippen molar-refractivity contribution in [3.05, 3.63) is 29.8 Å². The van der Waals surface area contributed by atoms with Crippen molar-refractivity contribution in [2.24, 2.45) is 0 Å². The Hall–Kier alpha value is -0.910. The zero-order valence-corrected chi connectivity index (χ0v) is 15.1. The fourth-order valence-corrected chi connectivity index (χ4v) is 5.03. The Kier molecular flexibility index (Phi) is 4.71. The molecule has 0 amide bonds. The molecule has 0 aromatic heterocycles. The zero-order chi connectivity index (χ0) is 16.6. The Morgan fingerprint density at radius 3 is 2.05 bits per heavy atom. The molecule has 0 atom stereocenters. The van der Waals surface area contributed by atoms with Crippen molar-refractivity contribution in [2.45, 2.75) is 75.9 Å². The molecule has 0 spiro atoms. The highest BCUT2D eigenvalue weighted by Gasteiger charge is 2.42. The first-order chi connectivity index (χ1) is 10.0. The Bertz CT molecular complexity index is 603. The highest BCUT2D eigenvalue weighted by molar-refractivity contribution is 7.89. The van der Waals surface area contributed by atoms with E-state index >= 15 is 0 Å². The number of hydrogen-bond acceptors (Lipinski definition) is 2. The summed E-state index contributed by atoms with van der Waals surface area (Å²) in [7, 11) is -3.45. The van der Waals surface area contributed by atoms with Gasteiger partial charge in [-0.25, -0.2) is 13.1 Å². The number of nitrogens with two attached hydrogens (primary N) is 1. The van der Waals surface area contributed by atoms with Crippen molar-refractivity contribution >= 4 is 10.0 Å². The fraction of sp³-hybridized carbons (Fsp3) is 0.647. The van der Waals surface area contributed by atoms with Crippen molar-refractivity contribution in [2.75, 3.05) is 0 Å². The second-order valence-corrected chi connectivity index (χ2v) is 9.56. The number of rotatable bonds is 4. The van der Waals surface area contributed by atoms with Crippen molar-refractivity contribution < 1.29 is 13.7 Å². The van der Waals surface area contributed by atoms with E-state index in [9.17, 15) is 8.42 Å². The second kappa shape index (κ2) is 5.95. The second-order valence-electron chi connectivity index (χ2n) is 7.85. The van der Waals surface area contributed by atoms with Crippen LogP contribution in [0, 0.1) is 0 Å². The topological polar surface area (TPSA) is 62.8 Å². The molecule has 1 aliphatic rings. The lowest BCUT2D eigenvalue weighted by molar-refractivity contribution is -0.787. The van der Waals surface area contributed by atoms with Gasteiger partial charge in [-0.1, -0.05) is 19.1 Å². The van der Waals surface area contributed by atoms with Gasteiger partial charge in [0.25, 0.3) is 0 Å². The van der Waals surface area contributed by atoms with Gasteiger partial charge in [-0.2, -0.15) is 0 Å². The average molecular weight is 325 g/mol. The smallest absolute Gasteiger partial charge is 0.240 e. The summed E-state index contributed by atoms with van der Waals surface area (Å²) in [6, 6.07) is 7.15. The number of quaternary nitrogens is 1. The SMILES string of the molecule is CCc1ccc(S(=O)(=O)NC2CC(C)(C)[NH2+]C(C)(C)C2)cc1. The van der Waals surface area contributed by atoms with E-state index in [0.29, 0.717) is 4.90 Å². The van der Waals surface area contributed by atoms with Crippen LogP contribution in [0.25, 0.3) is 0 Å². The molecule has 0 unspecified atom stereocenters. The molecule has 4 nitrogen and oxygen atoms in total. The van der Waals surface area contributed by atoms with Gasteiger partial charge in [0.15, 0.2) is 0 Å². The van der Waals surface area contributed by atoms with Crippen LogP contribution >= 0.6 is 0 Å². The minimum absolute atomic E-state index is 0.0224. The Labute approximate surface area is 134 Å². The number of piperidine rings is 1. The van der Waals surface area contributed by atoms with Crippen LogP contribution in [0.2, 0.25) is 0 Å². The maximum Gasteiger partial charge on any atom is 0.240 e. The Morgan fingerprint density at radius 2 is 1.59 bits per heavy atom. The molecular weight excluding hydrogens is 296 g/mol. The predicted molar refractivity (Wildman–Crippen MR) is 89.2 cm³/mol. The van der Waals surface area contributed by atoms with Crippen LogP contribution in [0.3, 0.4) is 0 Å². The van der Waals surface area contributed by atoms with Crippen LogP contribution in [0.5, 0.6) is 0 Å². The number of hydrogen-bond donors (Lipinski definition) is 2. The molecule has 0 saturated carbocycles. The normalized spacial score (nSPS) is 21.7. The van der Waals surface area contributed by atoms with Crippen molar-refractivity contribution in [3.8, 4) is 0 Å². The molecule has 0 radical (unpaired) electrons.